The molecule has 0 bridgehead atoms. The molecule has 2 aromatic rings. The number of halogens is 1. The monoisotopic (exact) mass is 345 g/mol. The average Bonchev–Trinajstić information content (AvgIpc) is 2.59. The predicted octanol–water partition coefficient (Wildman–Crippen LogP) is 3.78. The number of hydrogen-bond acceptors (Lipinski definition) is 3. The normalized spacial score (nSPS) is 14.3. The summed E-state index contributed by atoms with van der Waals surface area (Å²) in [5.74, 6) is -0.318. The van der Waals surface area contributed by atoms with E-state index in [1.165, 1.54) is 6.07 Å². The van der Waals surface area contributed by atoms with Crippen molar-refractivity contribution >= 4 is 34.4 Å². The van der Waals surface area contributed by atoms with E-state index in [2.05, 4.69) is 15.5 Å². The standard InChI is InChI=1S/C18H20FN3OS/c1-13-2-7-17(16(19)12-13)21-18(24)20-14-3-5-15(6-4-14)22-8-10-23-11-9-22/h2-7,12H,8-11H2,1H3,(H2,20,21,24). The lowest BCUT2D eigenvalue weighted by atomic mass is 10.2. The second-order valence-corrected chi connectivity index (χ2v) is 6.12. The number of benzene rings is 2. The van der Waals surface area contributed by atoms with Gasteiger partial charge < -0.3 is 20.3 Å². The Hall–Kier alpha value is -2.18. The van der Waals surface area contributed by atoms with E-state index < -0.39 is 0 Å². The first kappa shape index (κ1) is 16.7. The molecule has 0 aliphatic carbocycles. The van der Waals surface area contributed by atoms with Gasteiger partial charge in [-0.05, 0) is 61.1 Å². The molecule has 24 heavy (non-hydrogen) atoms. The third-order valence-electron chi connectivity index (χ3n) is 3.87. The van der Waals surface area contributed by atoms with Gasteiger partial charge in [0.15, 0.2) is 5.11 Å². The molecular formula is C18H20FN3OS. The Morgan fingerprint density at radius 3 is 2.46 bits per heavy atom. The number of thiocarbonyl (C=S) groups is 1. The molecule has 6 heteroatoms. The first-order valence-electron chi connectivity index (χ1n) is 7.89. The van der Waals surface area contributed by atoms with E-state index in [0.717, 1.165) is 43.2 Å². The molecule has 0 spiro atoms. The van der Waals surface area contributed by atoms with E-state index in [1.54, 1.807) is 6.07 Å². The molecule has 126 valence electrons. The summed E-state index contributed by atoms with van der Waals surface area (Å²) in [4.78, 5) is 2.28. The van der Waals surface area contributed by atoms with Gasteiger partial charge in [0.1, 0.15) is 5.82 Å². The van der Waals surface area contributed by atoms with Crippen LogP contribution in [0.2, 0.25) is 0 Å². The number of ether oxygens (including phenoxy) is 1. The van der Waals surface area contributed by atoms with Crippen molar-refractivity contribution in [2.24, 2.45) is 0 Å². The SMILES string of the molecule is Cc1ccc(NC(=S)Nc2ccc(N3CCOCC3)cc2)c(F)c1. The molecule has 0 saturated carbocycles. The van der Waals surface area contributed by atoms with Gasteiger partial charge in [-0.15, -0.1) is 0 Å². The second kappa shape index (κ2) is 7.59. The minimum Gasteiger partial charge on any atom is -0.378 e. The minimum absolute atomic E-state index is 0.318. The molecule has 1 heterocycles. The molecule has 0 unspecified atom stereocenters. The Balaban J connectivity index is 1.59. The molecular weight excluding hydrogens is 325 g/mol. The summed E-state index contributed by atoms with van der Waals surface area (Å²) in [5, 5.41) is 6.31. The quantitative estimate of drug-likeness (QED) is 0.828. The minimum atomic E-state index is -0.318. The van der Waals surface area contributed by atoms with E-state index in [0.29, 0.717) is 10.8 Å². The summed E-state index contributed by atoms with van der Waals surface area (Å²) in [5.41, 5.74) is 3.25. The zero-order valence-electron chi connectivity index (χ0n) is 13.5. The van der Waals surface area contributed by atoms with E-state index in [-0.39, 0.29) is 5.82 Å². The van der Waals surface area contributed by atoms with Gasteiger partial charge in [-0.25, -0.2) is 4.39 Å². The van der Waals surface area contributed by atoms with Crippen molar-refractivity contribution in [3.63, 3.8) is 0 Å². The van der Waals surface area contributed by atoms with Crippen LogP contribution in [0.4, 0.5) is 21.5 Å². The average molecular weight is 345 g/mol. The van der Waals surface area contributed by atoms with Crippen LogP contribution in [-0.2, 0) is 4.74 Å². The zero-order chi connectivity index (χ0) is 16.9. The number of rotatable bonds is 3. The predicted molar refractivity (Wildman–Crippen MR) is 100 cm³/mol. The summed E-state index contributed by atoms with van der Waals surface area (Å²) in [6, 6.07) is 13.0. The van der Waals surface area contributed by atoms with Crippen LogP contribution in [0.5, 0.6) is 0 Å². The maximum absolute atomic E-state index is 13.8. The highest BCUT2D eigenvalue weighted by Gasteiger charge is 2.11. The van der Waals surface area contributed by atoms with Crippen LogP contribution in [0.15, 0.2) is 42.5 Å². The molecule has 2 N–H and O–H groups in total. The highest BCUT2D eigenvalue weighted by Crippen LogP contribution is 2.20. The summed E-state index contributed by atoms with van der Waals surface area (Å²) < 4.78 is 19.2. The van der Waals surface area contributed by atoms with E-state index in [4.69, 9.17) is 17.0 Å². The van der Waals surface area contributed by atoms with Gasteiger partial charge in [0, 0.05) is 24.5 Å². The van der Waals surface area contributed by atoms with Crippen LogP contribution in [0.3, 0.4) is 0 Å². The first-order chi connectivity index (χ1) is 11.6. The fraction of sp³-hybridized carbons (Fsp3) is 0.278. The summed E-state index contributed by atoms with van der Waals surface area (Å²) in [6.45, 7) is 5.17. The number of nitrogens with zero attached hydrogens (tertiary/aromatic N) is 1. The highest BCUT2D eigenvalue weighted by atomic mass is 32.1. The molecule has 1 fully saturated rings. The summed E-state index contributed by atoms with van der Waals surface area (Å²) in [6.07, 6.45) is 0. The fourth-order valence-electron chi connectivity index (χ4n) is 2.58. The van der Waals surface area contributed by atoms with Crippen LogP contribution >= 0.6 is 12.2 Å². The van der Waals surface area contributed by atoms with E-state index in [9.17, 15) is 4.39 Å². The van der Waals surface area contributed by atoms with Crippen LogP contribution in [0.25, 0.3) is 0 Å². The topological polar surface area (TPSA) is 36.5 Å². The first-order valence-corrected chi connectivity index (χ1v) is 8.29. The Morgan fingerprint density at radius 1 is 1.08 bits per heavy atom. The Labute approximate surface area is 146 Å². The lowest BCUT2D eigenvalue weighted by Crippen LogP contribution is -2.36. The van der Waals surface area contributed by atoms with Gasteiger partial charge in [-0.2, -0.15) is 0 Å². The summed E-state index contributed by atoms with van der Waals surface area (Å²) >= 11 is 5.25. The van der Waals surface area contributed by atoms with Gasteiger partial charge in [0.2, 0.25) is 0 Å². The number of aryl methyl sites for hydroxylation is 1. The van der Waals surface area contributed by atoms with Crippen molar-refractivity contribution in [1.82, 2.24) is 0 Å². The molecule has 3 rings (SSSR count). The Morgan fingerprint density at radius 2 is 1.79 bits per heavy atom. The third-order valence-corrected chi connectivity index (χ3v) is 4.08. The maximum Gasteiger partial charge on any atom is 0.175 e. The van der Waals surface area contributed by atoms with Gasteiger partial charge in [-0.3, -0.25) is 0 Å². The van der Waals surface area contributed by atoms with Crippen molar-refractivity contribution in [2.45, 2.75) is 6.92 Å². The summed E-state index contributed by atoms with van der Waals surface area (Å²) in [7, 11) is 0. The van der Waals surface area contributed by atoms with Crippen molar-refractivity contribution in [3.05, 3.63) is 53.8 Å². The molecule has 0 atom stereocenters. The lowest BCUT2D eigenvalue weighted by molar-refractivity contribution is 0.122. The number of anilines is 3. The second-order valence-electron chi connectivity index (χ2n) is 5.71. The zero-order valence-corrected chi connectivity index (χ0v) is 14.3. The van der Waals surface area contributed by atoms with Crippen LogP contribution in [0, 0.1) is 12.7 Å². The lowest BCUT2D eigenvalue weighted by Gasteiger charge is -2.29. The number of hydrogen-bond donors (Lipinski definition) is 2. The van der Waals surface area contributed by atoms with E-state index >= 15 is 0 Å². The van der Waals surface area contributed by atoms with Crippen molar-refractivity contribution in [1.29, 1.82) is 0 Å². The highest BCUT2D eigenvalue weighted by molar-refractivity contribution is 7.80. The Kier molecular flexibility index (Phi) is 5.27. The number of nitrogens with one attached hydrogen (secondary N) is 2. The van der Waals surface area contributed by atoms with Crippen LogP contribution in [0.1, 0.15) is 5.56 Å². The molecule has 1 aliphatic rings. The number of morpholine rings is 1. The third kappa shape index (κ3) is 4.21. The molecule has 0 radical (unpaired) electrons. The molecule has 1 saturated heterocycles. The van der Waals surface area contributed by atoms with Crippen LogP contribution in [-0.4, -0.2) is 31.4 Å². The smallest absolute Gasteiger partial charge is 0.175 e. The maximum atomic E-state index is 13.8. The molecule has 2 aromatic carbocycles. The fourth-order valence-corrected chi connectivity index (χ4v) is 2.81. The van der Waals surface area contributed by atoms with E-state index in [1.807, 2.05) is 37.3 Å². The van der Waals surface area contributed by atoms with Crippen molar-refractivity contribution in [2.75, 3.05) is 41.8 Å². The van der Waals surface area contributed by atoms with Crippen molar-refractivity contribution in [3.8, 4) is 0 Å². The van der Waals surface area contributed by atoms with Gasteiger partial charge >= 0.3 is 0 Å². The van der Waals surface area contributed by atoms with Crippen LogP contribution < -0.4 is 15.5 Å². The largest absolute Gasteiger partial charge is 0.378 e. The molecule has 1 aliphatic heterocycles. The van der Waals surface area contributed by atoms with Gasteiger partial charge in [0.05, 0.1) is 18.9 Å². The molecule has 4 nitrogen and oxygen atoms in total. The van der Waals surface area contributed by atoms with Crippen molar-refractivity contribution < 1.29 is 9.13 Å². The molecule has 0 aromatic heterocycles. The molecule has 0 amide bonds. The van der Waals surface area contributed by atoms with Gasteiger partial charge in [-0.1, -0.05) is 6.07 Å². The van der Waals surface area contributed by atoms with Gasteiger partial charge in [0.25, 0.3) is 0 Å². The Bertz CT molecular complexity index is 715.